The first-order valence-corrected chi connectivity index (χ1v) is 6.69. The minimum absolute atomic E-state index is 0.807. The van der Waals surface area contributed by atoms with Crippen LogP contribution in [0.15, 0.2) is 12.4 Å². The third kappa shape index (κ3) is 5.22. The van der Waals surface area contributed by atoms with Crippen molar-refractivity contribution in [3.8, 4) is 5.75 Å². The van der Waals surface area contributed by atoms with Gasteiger partial charge in [-0.1, -0.05) is 12.8 Å². The number of ether oxygens (including phenoxy) is 1. The number of nitrogens with one attached hydrogen (secondary N) is 1. The van der Waals surface area contributed by atoms with Crippen molar-refractivity contribution in [2.75, 3.05) is 13.2 Å². The Kier molecular flexibility index (Phi) is 4.86. The van der Waals surface area contributed by atoms with Crippen molar-refractivity contribution in [1.29, 1.82) is 0 Å². The molecule has 1 aliphatic carbocycles. The van der Waals surface area contributed by atoms with Crippen LogP contribution in [0.4, 0.5) is 0 Å². The molecular formula is C13H23N3O. The van der Waals surface area contributed by atoms with E-state index < -0.39 is 0 Å². The largest absolute Gasteiger partial charge is 0.490 e. The van der Waals surface area contributed by atoms with Gasteiger partial charge in [-0.05, 0) is 32.2 Å². The van der Waals surface area contributed by atoms with Crippen molar-refractivity contribution < 1.29 is 4.74 Å². The van der Waals surface area contributed by atoms with Crippen molar-refractivity contribution in [1.82, 2.24) is 15.1 Å². The molecule has 0 saturated heterocycles. The van der Waals surface area contributed by atoms with Crippen LogP contribution in [0.25, 0.3) is 0 Å². The number of hydrogen-bond acceptors (Lipinski definition) is 3. The van der Waals surface area contributed by atoms with E-state index in [1.54, 1.807) is 10.9 Å². The van der Waals surface area contributed by atoms with Crippen LogP contribution in [-0.2, 0) is 7.05 Å². The van der Waals surface area contributed by atoms with E-state index in [1.807, 2.05) is 13.2 Å². The molecule has 0 amide bonds. The fourth-order valence-electron chi connectivity index (χ4n) is 1.84. The molecule has 17 heavy (non-hydrogen) atoms. The van der Waals surface area contributed by atoms with E-state index >= 15 is 0 Å². The first kappa shape index (κ1) is 12.4. The molecule has 0 radical (unpaired) electrons. The van der Waals surface area contributed by atoms with Gasteiger partial charge in [0.2, 0.25) is 0 Å². The quantitative estimate of drug-likeness (QED) is 0.669. The topological polar surface area (TPSA) is 39.1 Å². The third-order valence-corrected chi connectivity index (χ3v) is 3.03. The zero-order valence-electron chi connectivity index (χ0n) is 10.7. The maximum atomic E-state index is 5.58. The first-order chi connectivity index (χ1) is 8.34. The molecule has 1 aromatic heterocycles. The van der Waals surface area contributed by atoms with E-state index in [0.29, 0.717) is 0 Å². The highest BCUT2D eigenvalue weighted by Crippen LogP contribution is 2.18. The summed E-state index contributed by atoms with van der Waals surface area (Å²) in [7, 11) is 1.90. The molecule has 0 atom stereocenters. The molecular weight excluding hydrogens is 214 g/mol. The van der Waals surface area contributed by atoms with Crippen molar-refractivity contribution in [2.45, 2.75) is 44.6 Å². The summed E-state index contributed by atoms with van der Waals surface area (Å²) in [6.45, 7) is 2.00. The molecule has 0 aromatic carbocycles. The summed E-state index contributed by atoms with van der Waals surface area (Å²) in [5.74, 6) is 0.878. The van der Waals surface area contributed by atoms with Gasteiger partial charge < -0.3 is 10.1 Å². The zero-order chi connectivity index (χ0) is 11.9. The van der Waals surface area contributed by atoms with Crippen LogP contribution < -0.4 is 10.1 Å². The van der Waals surface area contributed by atoms with E-state index in [1.165, 1.54) is 38.6 Å². The molecule has 1 fully saturated rings. The SMILES string of the molecule is Cn1cc(OCCCCCCNC2CC2)cn1. The summed E-state index contributed by atoms with van der Waals surface area (Å²) in [5.41, 5.74) is 0. The summed E-state index contributed by atoms with van der Waals surface area (Å²) < 4.78 is 7.35. The highest BCUT2D eigenvalue weighted by molar-refractivity contribution is 5.10. The number of aryl methyl sites for hydroxylation is 1. The van der Waals surface area contributed by atoms with Crippen LogP contribution in [0.3, 0.4) is 0 Å². The standard InChI is InChI=1S/C13H23N3O/c1-16-11-13(10-15-16)17-9-5-3-2-4-8-14-12-6-7-12/h10-12,14H,2-9H2,1H3. The van der Waals surface area contributed by atoms with Gasteiger partial charge in [0.25, 0.3) is 0 Å². The highest BCUT2D eigenvalue weighted by atomic mass is 16.5. The Morgan fingerprint density at radius 3 is 2.88 bits per heavy atom. The van der Waals surface area contributed by atoms with Crippen LogP contribution in [0.1, 0.15) is 38.5 Å². The third-order valence-electron chi connectivity index (χ3n) is 3.03. The summed E-state index contributed by atoms with van der Waals surface area (Å²) >= 11 is 0. The molecule has 0 bridgehead atoms. The van der Waals surface area contributed by atoms with Crippen LogP contribution >= 0.6 is 0 Å². The van der Waals surface area contributed by atoms with E-state index in [4.69, 9.17) is 4.74 Å². The molecule has 0 unspecified atom stereocenters. The first-order valence-electron chi connectivity index (χ1n) is 6.69. The lowest BCUT2D eigenvalue weighted by Gasteiger charge is -2.04. The summed E-state index contributed by atoms with van der Waals surface area (Å²) in [5, 5.41) is 7.60. The smallest absolute Gasteiger partial charge is 0.157 e. The lowest BCUT2D eigenvalue weighted by atomic mass is 10.2. The van der Waals surface area contributed by atoms with Crippen LogP contribution in [0, 0.1) is 0 Å². The zero-order valence-corrected chi connectivity index (χ0v) is 10.7. The molecule has 96 valence electrons. The molecule has 0 spiro atoms. The molecule has 4 nitrogen and oxygen atoms in total. The minimum Gasteiger partial charge on any atom is -0.490 e. The summed E-state index contributed by atoms with van der Waals surface area (Å²) in [4.78, 5) is 0. The second-order valence-electron chi connectivity index (χ2n) is 4.84. The van der Waals surface area contributed by atoms with Crippen LogP contribution in [0.5, 0.6) is 5.75 Å². The Bertz CT molecular complexity index is 320. The predicted molar refractivity (Wildman–Crippen MR) is 68.2 cm³/mol. The van der Waals surface area contributed by atoms with E-state index in [2.05, 4.69) is 10.4 Å². The van der Waals surface area contributed by atoms with Crippen molar-refractivity contribution in [3.05, 3.63) is 12.4 Å². The molecule has 1 aromatic rings. The van der Waals surface area contributed by atoms with Gasteiger partial charge in [0.05, 0.1) is 19.0 Å². The fourth-order valence-corrected chi connectivity index (χ4v) is 1.84. The lowest BCUT2D eigenvalue weighted by Crippen LogP contribution is -2.17. The Labute approximate surface area is 103 Å². The molecule has 2 rings (SSSR count). The lowest BCUT2D eigenvalue weighted by molar-refractivity contribution is 0.304. The van der Waals surface area contributed by atoms with Crippen molar-refractivity contribution >= 4 is 0 Å². The van der Waals surface area contributed by atoms with Crippen molar-refractivity contribution in [2.24, 2.45) is 7.05 Å². The number of hydrogen-bond donors (Lipinski definition) is 1. The minimum atomic E-state index is 0.807. The van der Waals surface area contributed by atoms with E-state index in [9.17, 15) is 0 Å². The normalized spacial score (nSPS) is 15.1. The monoisotopic (exact) mass is 237 g/mol. The molecule has 1 N–H and O–H groups in total. The maximum Gasteiger partial charge on any atom is 0.157 e. The molecule has 4 heteroatoms. The van der Waals surface area contributed by atoms with Gasteiger partial charge in [0.1, 0.15) is 0 Å². The van der Waals surface area contributed by atoms with Gasteiger partial charge >= 0.3 is 0 Å². The van der Waals surface area contributed by atoms with Gasteiger partial charge in [-0.15, -0.1) is 0 Å². The van der Waals surface area contributed by atoms with Crippen LogP contribution in [-0.4, -0.2) is 29.0 Å². The fraction of sp³-hybridized carbons (Fsp3) is 0.769. The molecule has 1 saturated carbocycles. The summed E-state index contributed by atoms with van der Waals surface area (Å²) in [6, 6.07) is 0.851. The van der Waals surface area contributed by atoms with Gasteiger partial charge in [-0.2, -0.15) is 5.10 Å². The second kappa shape index (κ2) is 6.64. The summed E-state index contributed by atoms with van der Waals surface area (Å²) in [6.07, 6.45) is 11.4. The van der Waals surface area contributed by atoms with Crippen LogP contribution in [0.2, 0.25) is 0 Å². The second-order valence-corrected chi connectivity index (χ2v) is 4.84. The number of aromatic nitrogens is 2. The number of rotatable bonds is 9. The van der Waals surface area contributed by atoms with Gasteiger partial charge in [0, 0.05) is 13.1 Å². The Hall–Kier alpha value is -1.03. The Morgan fingerprint density at radius 1 is 1.35 bits per heavy atom. The van der Waals surface area contributed by atoms with Gasteiger partial charge in [-0.25, -0.2) is 0 Å². The number of unbranched alkanes of at least 4 members (excludes halogenated alkanes) is 3. The molecule has 0 aliphatic heterocycles. The van der Waals surface area contributed by atoms with E-state index in [0.717, 1.165) is 24.8 Å². The molecule has 1 heterocycles. The van der Waals surface area contributed by atoms with Crippen molar-refractivity contribution in [3.63, 3.8) is 0 Å². The number of nitrogens with zero attached hydrogens (tertiary/aromatic N) is 2. The molecule has 1 aliphatic rings. The Balaban J connectivity index is 1.38. The van der Waals surface area contributed by atoms with Gasteiger partial charge in [0.15, 0.2) is 5.75 Å². The maximum absolute atomic E-state index is 5.58. The van der Waals surface area contributed by atoms with Gasteiger partial charge in [-0.3, -0.25) is 4.68 Å². The predicted octanol–water partition coefficient (Wildman–Crippen LogP) is 2.11. The average Bonchev–Trinajstić information content (AvgIpc) is 3.05. The average molecular weight is 237 g/mol. The highest BCUT2D eigenvalue weighted by Gasteiger charge is 2.19. The van der Waals surface area contributed by atoms with E-state index in [-0.39, 0.29) is 0 Å². The Morgan fingerprint density at radius 2 is 2.18 bits per heavy atom.